The van der Waals surface area contributed by atoms with Crippen molar-refractivity contribution < 1.29 is 23.7 Å². The van der Waals surface area contributed by atoms with Crippen molar-refractivity contribution in [2.45, 2.75) is 18.9 Å². The zero-order valence-corrected chi connectivity index (χ0v) is 18.8. The Hall–Kier alpha value is -3.33. The maximum Gasteiger partial charge on any atom is 0.241 e. The Morgan fingerprint density at radius 3 is 2.69 bits per heavy atom. The Morgan fingerprint density at radius 2 is 2.00 bits per heavy atom. The number of hydrogen-bond acceptors (Lipinski definition) is 7. The summed E-state index contributed by atoms with van der Waals surface area (Å²) in [6.45, 7) is 1.11. The number of rotatable bonds is 9. The molecule has 0 unspecified atom stereocenters. The molecule has 1 aliphatic rings. The smallest absolute Gasteiger partial charge is 0.241 e. The highest BCUT2D eigenvalue weighted by Crippen LogP contribution is 2.35. The van der Waals surface area contributed by atoms with Crippen molar-refractivity contribution in [3.05, 3.63) is 30.6 Å². The second-order valence-corrected chi connectivity index (χ2v) is 7.81. The molecular formula is C23H28N4O5. The fraction of sp³-hybridized carbons (Fsp3) is 0.435. The van der Waals surface area contributed by atoms with Gasteiger partial charge in [0.25, 0.3) is 0 Å². The lowest BCUT2D eigenvalue weighted by Gasteiger charge is -2.24. The first-order chi connectivity index (χ1) is 15.5. The molecular weight excluding hydrogens is 412 g/mol. The molecule has 0 saturated carbocycles. The number of imidazole rings is 1. The van der Waals surface area contributed by atoms with E-state index in [2.05, 4.69) is 10.3 Å². The van der Waals surface area contributed by atoms with Crippen molar-refractivity contribution in [2.24, 2.45) is 13.0 Å². The van der Waals surface area contributed by atoms with E-state index in [0.717, 1.165) is 16.6 Å². The van der Waals surface area contributed by atoms with Crippen LogP contribution in [0.2, 0.25) is 0 Å². The van der Waals surface area contributed by atoms with Crippen molar-refractivity contribution in [2.75, 3.05) is 34.5 Å². The minimum atomic E-state index is -0.222. The van der Waals surface area contributed by atoms with Crippen LogP contribution in [0.5, 0.6) is 17.4 Å². The minimum absolute atomic E-state index is 0.0405. The van der Waals surface area contributed by atoms with Crippen molar-refractivity contribution in [3.63, 3.8) is 0 Å². The molecule has 0 aliphatic carbocycles. The molecule has 1 aliphatic heterocycles. The first kappa shape index (κ1) is 21.9. The molecule has 2 atom stereocenters. The SMILES string of the molecule is COCC[C@@H](Oc1nc(-c2ccc(OC)c(OC)c2)cc2ncn(C)c12)[C@H]1CNC(=O)C1. The van der Waals surface area contributed by atoms with Crippen LogP contribution in [0, 0.1) is 5.92 Å². The molecule has 170 valence electrons. The lowest BCUT2D eigenvalue weighted by molar-refractivity contribution is -0.119. The summed E-state index contributed by atoms with van der Waals surface area (Å²) in [4.78, 5) is 21.2. The molecule has 1 fully saturated rings. The van der Waals surface area contributed by atoms with E-state index in [9.17, 15) is 4.79 Å². The van der Waals surface area contributed by atoms with Crippen LogP contribution < -0.4 is 19.5 Å². The van der Waals surface area contributed by atoms with E-state index in [-0.39, 0.29) is 17.9 Å². The average molecular weight is 441 g/mol. The molecule has 0 radical (unpaired) electrons. The summed E-state index contributed by atoms with van der Waals surface area (Å²) in [7, 11) is 6.77. The Bertz CT molecular complexity index is 1110. The summed E-state index contributed by atoms with van der Waals surface area (Å²) < 4.78 is 24.4. The molecule has 1 N–H and O–H groups in total. The predicted molar refractivity (Wildman–Crippen MR) is 119 cm³/mol. The maximum atomic E-state index is 11.8. The summed E-state index contributed by atoms with van der Waals surface area (Å²) in [6, 6.07) is 7.57. The zero-order valence-electron chi connectivity index (χ0n) is 18.8. The number of aryl methyl sites for hydroxylation is 1. The number of benzene rings is 1. The molecule has 1 aromatic carbocycles. The van der Waals surface area contributed by atoms with Gasteiger partial charge in [0.15, 0.2) is 11.5 Å². The van der Waals surface area contributed by atoms with Gasteiger partial charge >= 0.3 is 0 Å². The van der Waals surface area contributed by atoms with E-state index >= 15 is 0 Å². The maximum absolute atomic E-state index is 11.8. The lowest BCUT2D eigenvalue weighted by Crippen LogP contribution is -2.30. The predicted octanol–water partition coefficient (Wildman–Crippen LogP) is 2.57. The summed E-state index contributed by atoms with van der Waals surface area (Å²) in [6.07, 6.45) is 2.60. The van der Waals surface area contributed by atoms with Gasteiger partial charge in [0.05, 0.1) is 31.8 Å². The van der Waals surface area contributed by atoms with E-state index in [4.69, 9.17) is 23.9 Å². The summed E-state index contributed by atoms with van der Waals surface area (Å²) in [5, 5.41) is 2.89. The van der Waals surface area contributed by atoms with E-state index in [0.29, 0.717) is 49.1 Å². The molecule has 3 heterocycles. The lowest BCUT2D eigenvalue weighted by atomic mass is 9.99. The number of nitrogens with zero attached hydrogens (tertiary/aromatic N) is 3. The van der Waals surface area contributed by atoms with Crippen LogP contribution in [0.4, 0.5) is 0 Å². The molecule has 0 spiro atoms. The van der Waals surface area contributed by atoms with Crippen LogP contribution in [0.1, 0.15) is 12.8 Å². The third kappa shape index (κ3) is 4.34. The Kier molecular flexibility index (Phi) is 6.45. The highest BCUT2D eigenvalue weighted by Gasteiger charge is 2.32. The molecule has 2 aromatic heterocycles. The van der Waals surface area contributed by atoms with Gasteiger partial charge in [-0.05, 0) is 24.3 Å². The van der Waals surface area contributed by atoms with Crippen molar-refractivity contribution in [1.29, 1.82) is 0 Å². The first-order valence-electron chi connectivity index (χ1n) is 10.5. The topological polar surface area (TPSA) is 96.7 Å². The van der Waals surface area contributed by atoms with Gasteiger partial charge in [-0.15, -0.1) is 0 Å². The van der Waals surface area contributed by atoms with Crippen LogP contribution >= 0.6 is 0 Å². The van der Waals surface area contributed by atoms with Gasteiger partial charge in [0.1, 0.15) is 11.6 Å². The number of nitrogens with one attached hydrogen (secondary N) is 1. The second-order valence-electron chi connectivity index (χ2n) is 7.81. The van der Waals surface area contributed by atoms with Gasteiger partial charge < -0.3 is 28.8 Å². The zero-order chi connectivity index (χ0) is 22.7. The van der Waals surface area contributed by atoms with Crippen LogP contribution in [-0.4, -0.2) is 61.0 Å². The number of ether oxygens (including phenoxy) is 4. The fourth-order valence-electron chi connectivity index (χ4n) is 4.02. The minimum Gasteiger partial charge on any atom is -0.493 e. The Morgan fingerprint density at radius 1 is 1.19 bits per heavy atom. The molecule has 1 saturated heterocycles. The normalized spacial score (nSPS) is 16.8. The molecule has 32 heavy (non-hydrogen) atoms. The number of carbonyl (C=O) groups is 1. The van der Waals surface area contributed by atoms with Gasteiger partial charge in [0.2, 0.25) is 11.8 Å². The number of amides is 1. The number of methoxy groups -OCH3 is 3. The second kappa shape index (κ2) is 9.44. The summed E-state index contributed by atoms with van der Waals surface area (Å²) >= 11 is 0. The van der Waals surface area contributed by atoms with E-state index in [1.54, 1.807) is 27.7 Å². The van der Waals surface area contributed by atoms with Crippen molar-refractivity contribution in [1.82, 2.24) is 19.9 Å². The Labute approximate surface area is 186 Å². The quantitative estimate of drug-likeness (QED) is 0.546. The number of carbonyl (C=O) groups excluding carboxylic acids is 1. The van der Waals surface area contributed by atoms with Gasteiger partial charge in [-0.1, -0.05) is 0 Å². The fourth-order valence-corrected chi connectivity index (χ4v) is 4.02. The third-order valence-electron chi connectivity index (χ3n) is 5.75. The van der Waals surface area contributed by atoms with Crippen molar-refractivity contribution in [3.8, 4) is 28.6 Å². The average Bonchev–Trinajstić information content (AvgIpc) is 3.41. The number of pyridine rings is 1. The van der Waals surface area contributed by atoms with Crippen LogP contribution in [-0.2, 0) is 16.6 Å². The highest BCUT2D eigenvalue weighted by atomic mass is 16.5. The number of fused-ring (bicyclic) bond motifs is 1. The summed E-state index contributed by atoms with van der Waals surface area (Å²) in [5.74, 6) is 1.83. The molecule has 1 amide bonds. The van der Waals surface area contributed by atoms with Crippen molar-refractivity contribution >= 4 is 16.9 Å². The first-order valence-corrected chi connectivity index (χ1v) is 10.5. The molecule has 9 heteroatoms. The van der Waals surface area contributed by atoms with Crippen LogP contribution in [0.3, 0.4) is 0 Å². The van der Waals surface area contributed by atoms with E-state index in [1.165, 1.54) is 0 Å². The van der Waals surface area contributed by atoms with Gasteiger partial charge in [-0.3, -0.25) is 4.79 Å². The Balaban J connectivity index is 1.74. The van der Waals surface area contributed by atoms with Gasteiger partial charge in [-0.2, -0.15) is 0 Å². The standard InChI is InChI=1S/C23H28N4O5/c1-27-13-25-17-11-16(14-5-6-19(30-3)20(9-14)31-4)26-23(22(17)27)32-18(7-8-29-2)15-10-21(28)24-12-15/h5-6,9,11,13,15,18H,7-8,10,12H2,1-4H3,(H,24,28)/t15-,18-/m1/s1. The molecule has 0 bridgehead atoms. The molecule has 3 aromatic rings. The molecule has 4 rings (SSSR count). The monoisotopic (exact) mass is 440 g/mol. The van der Waals surface area contributed by atoms with E-state index < -0.39 is 0 Å². The number of aromatic nitrogens is 3. The largest absolute Gasteiger partial charge is 0.493 e. The number of hydrogen-bond donors (Lipinski definition) is 1. The van der Waals surface area contributed by atoms with Crippen LogP contribution in [0.15, 0.2) is 30.6 Å². The summed E-state index contributed by atoms with van der Waals surface area (Å²) in [5.41, 5.74) is 3.13. The third-order valence-corrected chi connectivity index (χ3v) is 5.75. The van der Waals surface area contributed by atoms with Crippen LogP contribution in [0.25, 0.3) is 22.3 Å². The van der Waals surface area contributed by atoms with E-state index in [1.807, 2.05) is 35.9 Å². The molecule has 9 nitrogen and oxygen atoms in total. The van der Waals surface area contributed by atoms with Gasteiger partial charge in [0, 0.05) is 51.6 Å². The van der Waals surface area contributed by atoms with Gasteiger partial charge in [-0.25, -0.2) is 9.97 Å². The highest BCUT2D eigenvalue weighted by molar-refractivity contribution is 5.85.